The number of hydrogen-bond donors (Lipinski definition) is 1. The fourth-order valence-corrected chi connectivity index (χ4v) is 3.03. The van der Waals surface area contributed by atoms with Crippen LogP contribution in [0.1, 0.15) is 11.1 Å². The van der Waals surface area contributed by atoms with E-state index in [1.54, 1.807) is 0 Å². The Morgan fingerprint density at radius 3 is 2.30 bits per heavy atom. The van der Waals surface area contributed by atoms with Crippen LogP contribution >= 0.6 is 0 Å². The fourth-order valence-electron chi connectivity index (χ4n) is 1.80. The molecule has 1 atom stereocenters. The Bertz CT molecular complexity index is 661. The number of halogens is 3. The zero-order valence-electron chi connectivity index (χ0n) is 10.4. The molecule has 2 aromatic carbocycles. The van der Waals surface area contributed by atoms with Crippen molar-refractivity contribution in [3.63, 3.8) is 0 Å². The molecular formula is C14H12F3NOS. The molecule has 0 aromatic heterocycles. The Hall–Kier alpha value is -1.66. The first kappa shape index (κ1) is 14.7. The molecule has 0 fully saturated rings. The predicted octanol–water partition coefficient (Wildman–Crippen LogP) is 2.87. The van der Waals surface area contributed by atoms with E-state index in [4.69, 9.17) is 5.73 Å². The highest BCUT2D eigenvalue weighted by Crippen LogP contribution is 2.20. The second-order valence-electron chi connectivity index (χ2n) is 4.18. The van der Waals surface area contributed by atoms with Gasteiger partial charge in [0.1, 0.15) is 17.5 Å². The van der Waals surface area contributed by atoms with Gasteiger partial charge in [-0.3, -0.25) is 4.21 Å². The highest BCUT2D eigenvalue weighted by atomic mass is 32.2. The molecule has 6 heteroatoms. The Morgan fingerprint density at radius 1 is 0.950 bits per heavy atom. The predicted molar refractivity (Wildman–Crippen MR) is 70.8 cm³/mol. The maximum absolute atomic E-state index is 13.5. The molecule has 0 aliphatic rings. The van der Waals surface area contributed by atoms with Crippen molar-refractivity contribution < 1.29 is 17.4 Å². The summed E-state index contributed by atoms with van der Waals surface area (Å²) in [6, 6.07) is 6.69. The van der Waals surface area contributed by atoms with Crippen molar-refractivity contribution in [2.45, 2.75) is 17.2 Å². The number of benzene rings is 2. The van der Waals surface area contributed by atoms with E-state index in [-0.39, 0.29) is 17.2 Å². The third kappa shape index (κ3) is 3.26. The summed E-state index contributed by atoms with van der Waals surface area (Å²) in [4.78, 5) is -0.239. The standard InChI is InChI=1S/C14H12F3NOS/c15-11-2-1-9(7-18)10(5-11)8-20(19)14-6-12(16)3-4-13(14)17/h1-6H,7-8,18H2. The highest BCUT2D eigenvalue weighted by molar-refractivity contribution is 7.84. The maximum Gasteiger partial charge on any atom is 0.139 e. The van der Waals surface area contributed by atoms with E-state index >= 15 is 0 Å². The fraction of sp³-hybridized carbons (Fsp3) is 0.143. The van der Waals surface area contributed by atoms with Gasteiger partial charge in [0.15, 0.2) is 0 Å². The molecule has 106 valence electrons. The van der Waals surface area contributed by atoms with Crippen molar-refractivity contribution in [3.05, 3.63) is 65.0 Å². The van der Waals surface area contributed by atoms with Crippen molar-refractivity contribution in [2.24, 2.45) is 5.73 Å². The normalized spacial score (nSPS) is 12.4. The lowest BCUT2D eigenvalue weighted by molar-refractivity contribution is 0.572. The van der Waals surface area contributed by atoms with Gasteiger partial charge in [0.05, 0.1) is 21.4 Å². The molecule has 2 rings (SSSR count). The molecule has 0 aliphatic carbocycles. The molecule has 0 bridgehead atoms. The first-order valence-corrected chi connectivity index (χ1v) is 7.14. The summed E-state index contributed by atoms with van der Waals surface area (Å²) in [5.74, 6) is -2.04. The Kier molecular flexibility index (Phi) is 4.57. The van der Waals surface area contributed by atoms with Crippen LogP contribution in [0.3, 0.4) is 0 Å². The zero-order valence-corrected chi connectivity index (χ0v) is 11.2. The van der Waals surface area contributed by atoms with E-state index in [2.05, 4.69) is 0 Å². The molecule has 2 N–H and O–H groups in total. The molecule has 2 nitrogen and oxygen atoms in total. The van der Waals surface area contributed by atoms with Gasteiger partial charge in [0.25, 0.3) is 0 Å². The Labute approximate surface area is 116 Å². The van der Waals surface area contributed by atoms with Gasteiger partial charge >= 0.3 is 0 Å². The minimum absolute atomic E-state index is 0.120. The molecule has 1 unspecified atom stereocenters. The van der Waals surface area contributed by atoms with Crippen molar-refractivity contribution in [1.82, 2.24) is 0 Å². The molecule has 20 heavy (non-hydrogen) atoms. The van der Waals surface area contributed by atoms with E-state index in [1.165, 1.54) is 18.2 Å². The van der Waals surface area contributed by atoms with Crippen LogP contribution in [0, 0.1) is 17.5 Å². The van der Waals surface area contributed by atoms with Gasteiger partial charge in [-0.25, -0.2) is 13.2 Å². The lowest BCUT2D eigenvalue weighted by Crippen LogP contribution is -2.06. The SMILES string of the molecule is NCc1ccc(F)cc1CS(=O)c1cc(F)ccc1F. The molecule has 0 heterocycles. The lowest BCUT2D eigenvalue weighted by Gasteiger charge is -2.09. The van der Waals surface area contributed by atoms with Crippen molar-refractivity contribution in [2.75, 3.05) is 0 Å². The van der Waals surface area contributed by atoms with Crippen LogP contribution in [-0.4, -0.2) is 4.21 Å². The quantitative estimate of drug-likeness (QED) is 0.943. The summed E-state index contributed by atoms with van der Waals surface area (Å²) in [5.41, 5.74) is 6.56. The Balaban J connectivity index is 2.32. The van der Waals surface area contributed by atoms with Crippen LogP contribution in [0.5, 0.6) is 0 Å². The minimum atomic E-state index is -1.81. The second kappa shape index (κ2) is 6.19. The number of hydrogen-bond acceptors (Lipinski definition) is 2. The van der Waals surface area contributed by atoms with Crippen LogP contribution in [-0.2, 0) is 23.1 Å². The van der Waals surface area contributed by atoms with Crippen LogP contribution in [0.25, 0.3) is 0 Å². The average molecular weight is 299 g/mol. The summed E-state index contributed by atoms with van der Waals surface area (Å²) in [5, 5.41) is 0. The molecule has 0 amide bonds. The van der Waals surface area contributed by atoms with E-state index in [9.17, 15) is 17.4 Å². The Morgan fingerprint density at radius 2 is 1.60 bits per heavy atom. The molecule has 0 aliphatic heterocycles. The van der Waals surface area contributed by atoms with Crippen LogP contribution in [0.15, 0.2) is 41.3 Å². The van der Waals surface area contributed by atoms with Gasteiger partial charge in [-0.15, -0.1) is 0 Å². The van der Waals surface area contributed by atoms with E-state index in [0.29, 0.717) is 11.1 Å². The van der Waals surface area contributed by atoms with E-state index in [0.717, 1.165) is 18.2 Å². The number of nitrogens with two attached hydrogens (primary N) is 1. The maximum atomic E-state index is 13.5. The molecular weight excluding hydrogens is 287 g/mol. The monoisotopic (exact) mass is 299 g/mol. The smallest absolute Gasteiger partial charge is 0.139 e. The van der Waals surface area contributed by atoms with Gasteiger partial charge in [-0.1, -0.05) is 6.07 Å². The first-order chi connectivity index (χ1) is 9.51. The summed E-state index contributed by atoms with van der Waals surface area (Å²) >= 11 is 0. The van der Waals surface area contributed by atoms with Crippen LogP contribution < -0.4 is 5.73 Å². The third-order valence-corrected chi connectivity index (χ3v) is 4.19. The van der Waals surface area contributed by atoms with Gasteiger partial charge < -0.3 is 5.73 Å². The van der Waals surface area contributed by atoms with Gasteiger partial charge in [-0.05, 0) is 41.5 Å². The summed E-state index contributed by atoms with van der Waals surface area (Å²) in [6.45, 7) is 0.151. The second-order valence-corrected chi connectivity index (χ2v) is 5.60. The molecule has 2 aromatic rings. The largest absolute Gasteiger partial charge is 0.326 e. The summed E-state index contributed by atoms with van der Waals surface area (Å²) < 4.78 is 51.9. The average Bonchev–Trinajstić information content (AvgIpc) is 2.41. The summed E-state index contributed by atoms with van der Waals surface area (Å²) in [7, 11) is -1.81. The van der Waals surface area contributed by atoms with E-state index < -0.39 is 28.3 Å². The minimum Gasteiger partial charge on any atom is -0.326 e. The van der Waals surface area contributed by atoms with E-state index in [1.807, 2.05) is 0 Å². The lowest BCUT2D eigenvalue weighted by atomic mass is 10.1. The zero-order chi connectivity index (χ0) is 14.7. The van der Waals surface area contributed by atoms with Crippen molar-refractivity contribution in [3.8, 4) is 0 Å². The van der Waals surface area contributed by atoms with Gasteiger partial charge in [-0.2, -0.15) is 0 Å². The van der Waals surface area contributed by atoms with Crippen LogP contribution in [0.2, 0.25) is 0 Å². The third-order valence-electron chi connectivity index (χ3n) is 2.81. The van der Waals surface area contributed by atoms with Crippen molar-refractivity contribution in [1.29, 1.82) is 0 Å². The van der Waals surface area contributed by atoms with Gasteiger partial charge in [0, 0.05) is 6.54 Å². The first-order valence-electron chi connectivity index (χ1n) is 5.82. The molecule has 0 radical (unpaired) electrons. The highest BCUT2D eigenvalue weighted by Gasteiger charge is 2.14. The molecule has 0 spiro atoms. The summed E-state index contributed by atoms with van der Waals surface area (Å²) in [6.07, 6.45) is 0. The molecule has 0 saturated heterocycles. The van der Waals surface area contributed by atoms with Crippen molar-refractivity contribution >= 4 is 10.8 Å². The topological polar surface area (TPSA) is 43.1 Å². The van der Waals surface area contributed by atoms with Crippen LogP contribution in [0.4, 0.5) is 13.2 Å². The number of rotatable bonds is 4. The molecule has 0 saturated carbocycles. The van der Waals surface area contributed by atoms with Gasteiger partial charge in [0.2, 0.25) is 0 Å².